The smallest absolute Gasteiger partial charge is 0.186 e. The van der Waals surface area contributed by atoms with Crippen molar-refractivity contribution in [1.82, 2.24) is 4.37 Å². The summed E-state index contributed by atoms with van der Waals surface area (Å²) >= 11 is 1.02. The third-order valence-corrected chi connectivity index (χ3v) is 3.63. The van der Waals surface area contributed by atoms with E-state index in [-0.39, 0.29) is 0 Å². The Bertz CT molecular complexity index is 325. The van der Waals surface area contributed by atoms with Crippen LogP contribution >= 0.6 is 11.5 Å². The maximum Gasteiger partial charge on any atom is 0.186 e. The van der Waals surface area contributed by atoms with E-state index in [1.165, 1.54) is 6.26 Å². The van der Waals surface area contributed by atoms with Gasteiger partial charge in [0.15, 0.2) is 9.84 Å². The minimum absolute atomic E-state index is 0.338. The molecule has 1 aromatic rings. The quantitative estimate of drug-likeness (QED) is 0.639. The normalized spacial score (nSPS) is 11.8. The van der Waals surface area contributed by atoms with Crippen LogP contribution in [-0.2, 0) is 9.84 Å². The molecule has 10 heavy (non-hydrogen) atoms. The lowest BCUT2D eigenvalue weighted by molar-refractivity contribution is 0.604. The number of sulfone groups is 1. The molecule has 0 aliphatic rings. The third kappa shape index (κ3) is 1.54. The average molecular weight is 177 g/mol. The number of hydrogen-bond donors (Lipinski definition) is 0. The maximum atomic E-state index is 10.8. The highest BCUT2D eigenvalue weighted by molar-refractivity contribution is 7.92. The molecule has 1 aromatic heterocycles. The molecule has 0 saturated carbocycles. The fraction of sp³-hybridized carbons (Fsp3) is 0.400. The Labute approximate surface area is 63.8 Å². The fourth-order valence-corrected chi connectivity index (χ4v) is 2.06. The third-order valence-electron chi connectivity index (χ3n) is 0.972. The largest absolute Gasteiger partial charge is 0.223 e. The van der Waals surface area contributed by atoms with E-state index in [2.05, 4.69) is 4.37 Å². The lowest BCUT2D eigenvalue weighted by Crippen LogP contribution is -1.91. The monoisotopic (exact) mass is 177 g/mol. The molecule has 1 heterocycles. The van der Waals surface area contributed by atoms with E-state index < -0.39 is 9.84 Å². The van der Waals surface area contributed by atoms with Crippen molar-refractivity contribution in [3.63, 3.8) is 0 Å². The highest BCUT2D eigenvalue weighted by Crippen LogP contribution is 2.14. The molecular formula is C5H7NO2S2. The summed E-state index contributed by atoms with van der Waals surface area (Å²) in [6, 6.07) is 1.57. The van der Waals surface area contributed by atoms with Crippen molar-refractivity contribution < 1.29 is 8.42 Å². The van der Waals surface area contributed by atoms with Crippen LogP contribution in [0.4, 0.5) is 0 Å². The van der Waals surface area contributed by atoms with Crippen LogP contribution in [0.5, 0.6) is 0 Å². The molecule has 0 N–H and O–H groups in total. The zero-order valence-corrected chi connectivity index (χ0v) is 7.29. The average Bonchev–Trinajstić information content (AvgIpc) is 2.11. The Hall–Kier alpha value is -0.420. The summed E-state index contributed by atoms with van der Waals surface area (Å²) in [5.41, 5.74) is 0.755. The molecule has 0 spiro atoms. The van der Waals surface area contributed by atoms with Crippen LogP contribution < -0.4 is 0 Å². The topological polar surface area (TPSA) is 47.0 Å². The molecule has 0 aliphatic heterocycles. The second-order valence-corrected chi connectivity index (χ2v) is 5.11. The van der Waals surface area contributed by atoms with Crippen molar-refractivity contribution in [2.75, 3.05) is 6.26 Å². The lowest BCUT2D eigenvalue weighted by atomic mass is 10.5. The first-order valence-corrected chi connectivity index (χ1v) is 5.30. The van der Waals surface area contributed by atoms with Crippen molar-refractivity contribution in [2.24, 2.45) is 0 Å². The van der Waals surface area contributed by atoms with Gasteiger partial charge in [-0.05, 0) is 24.5 Å². The van der Waals surface area contributed by atoms with Gasteiger partial charge in [0.05, 0.1) is 5.69 Å². The number of rotatable bonds is 1. The van der Waals surface area contributed by atoms with Gasteiger partial charge in [-0.1, -0.05) is 0 Å². The molecule has 0 aliphatic carbocycles. The molecule has 0 fully saturated rings. The van der Waals surface area contributed by atoms with Crippen molar-refractivity contribution in [1.29, 1.82) is 0 Å². The molecule has 56 valence electrons. The summed E-state index contributed by atoms with van der Waals surface area (Å²) in [5.74, 6) is 0. The molecule has 5 heteroatoms. The van der Waals surface area contributed by atoms with Crippen LogP contribution in [0.15, 0.2) is 10.3 Å². The zero-order valence-electron chi connectivity index (χ0n) is 5.66. The Morgan fingerprint density at radius 1 is 1.60 bits per heavy atom. The molecule has 0 radical (unpaired) electrons. The molecule has 0 unspecified atom stereocenters. The predicted molar refractivity (Wildman–Crippen MR) is 40.0 cm³/mol. The van der Waals surface area contributed by atoms with Crippen molar-refractivity contribution in [3.8, 4) is 0 Å². The summed E-state index contributed by atoms with van der Waals surface area (Å²) < 4.78 is 25.8. The summed E-state index contributed by atoms with van der Waals surface area (Å²) in [6.45, 7) is 1.77. The van der Waals surface area contributed by atoms with Crippen molar-refractivity contribution in [3.05, 3.63) is 11.8 Å². The van der Waals surface area contributed by atoms with Gasteiger partial charge in [0, 0.05) is 6.26 Å². The second kappa shape index (κ2) is 2.32. The molecule has 3 nitrogen and oxygen atoms in total. The Morgan fingerprint density at radius 2 is 2.20 bits per heavy atom. The standard InChI is InChI=1S/C5H7NO2S2/c1-4-3-5(9-6-4)10(2,7)8/h3H,1-2H3. The van der Waals surface area contributed by atoms with E-state index in [4.69, 9.17) is 0 Å². The Kier molecular flexibility index (Phi) is 1.78. The summed E-state index contributed by atoms with van der Waals surface area (Å²) in [4.78, 5) is 0. The number of aryl methyl sites for hydroxylation is 1. The van der Waals surface area contributed by atoms with Gasteiger partial charge in [0.2, 0.25) is 0 Å². The fourth-order valence-electron chi connectivity index (χ4n) is 0.515. The SMILES string of the molecule is Cc1cc(S(C)(=O)=O)sn1. The summed E-state index contributed by atoms with van der Waals surface area (Å²) in [7, 11) is -3.03. The molecule has 0 saturated heterocycles. The minimum Gasteiger partial charge on any atom is -0.223 e. The van der Waals surface area contributed by atoms with Crippen LogP contribution in [0.1, 0.15) is 5.69 Å². The van der Waals surface area contributed by atoms with E-state index >= 15 is 0 Å². The van der Waals surface area contributed by atoms with E-state index in [1.807, 2.05) is 0 Å². The molecule has 0 amide bonds. The van der Waals surface area contributed by atoms with E-state index in [0.29, 0.717) is 4.21 Å². The Balaban J connectivity index is 3.21. The lowest BCUT2D eigenvalue weighted by Gasteiger charge is -1.85. The molecule has 0 aromatic carbocycles. The van der Waals surface area contributed by atoms with Crippen molar-refractivity contribution in [2.45, 2.75) is 11.1 Å². The zero-order chi connectivity index (χ0) is 7.78. The van der Waals surface area contributed by atoms with Crippen LogP contribution in [0.25, 0.3) is 0 Å². The molecular weight excluding hydrogens is 170 g/mol. The van der Waals surface area contributed by atoms with Gasteiger partial charge < -0.3 is 0 Å². The Morgan fingerprint density at radius 3 is 2.40 bits per heavy atom. The molecule has 1 rings (SSSR count). The molecule has 0 atom stereocenters. The van der Waals surface area contributed by atoms with Crippen LogP contribution in [-0.4, -0.2) is 19.0 Å². The number of aromatic nitrogens is 1. The van der Waals surface area contributed by atoms with E-state index in [9.17, 15) is 8.42 Å². The van der Waals surface area contributed by atoms with Crippen LogP contribution in [0.2, 0.25) is 0 Å². The van der Waals surface area contributed by atoms with Gasteiger partial charge in [-0.15, -0.1) is 0 Å². The first-order valence-electron chi connectivity index (χ1n) is 2.63. The maximum absolute atomic E-state index is 10.8. The summed E-state index contributed by atoms with van der Waals surface area (Å²) in [6.07, 6.45) is 1.18. The van der Waals surface area contributed by atoms with E-state index in [0.717, 1.165) is 17.2 Å². The van der Waals surface area contributed by atoms with Gasteiger partial charge in [0.25, 0.3) is 0 Å². The highest BCUT2D eigenvalue weighted by Gasteiger charge is 2.09. The van der Waals surface area contributed by atoms with Crippen LogP contribution in [0, 0.1) is 6.92 Å². The van der Waals surface area contributed by atoms with Gasteiger partial charge in [-0.2, -0.15) is 4.37 Å². The number of hydrogen-bond acceptors (Lipinski definition) is 4. The van der Waals surface area contributed by atoms with Crippen molar-refractivity contribution >= 4 is 21.4 Å². The van der Waals surface area contributed by atoms with Gasteiger partial charge >= 0.3 is 0 Å². The predicted octanol–water partition coefficient (Wildman–Crippen LogP) is 0.855. The first-order chi connectivity index (χ1) is 4.50. The highest BCUT2D eigenvalue weighted by atomic mass is 32.2. The number of nitrogens with zero attached hydrogens (tertiary/aromatic N) is 1. The minimum atomic E-state index is -3.03. The van der Waals surface area contributed by atoms with Crippen LogP contribution in [0.3, 0.4) is 0 Å². The summed E-state index contributed by atoms with van der Waals surface area (Å²) in [5, 5.41) is 0. The second-order valence-electron chi connectivity index (χ2n) is 2.06. The molecule has 0 bridgehead atoms. The van der Waals surface area contributed by atoms with Gasteiger partial charge in [0.1, 0.15) is 4.21 Å². The van der Waals surface area contributed by atoms with Gasteiger partial charge in [-0.25, -0.2) is 8.42 Å². The van der Waals surface area contributed by atoms with E-state index in [1.54, 1.807) is 13.0 Å². The van der Waals surface area contributed by atoms with Gasteiger partial charge in [-0.3, -0.25) is 0 Å². The first kappa shape index (κ1) is 7.68.